The van der Waals surface area contributed by atoms with Gasteiger partial charge in [0.25, 0.3) is 0 Å². The van der Waals surface area contributed by atoms with Gasteiger partial charge in [0.2, 0.25) is 0 Å². The Balaban J connectivity index is 1.47. The van der Waals surface area contributed by atoms with Crippen LogP contribution < -0.4 is 15.5 Å². The van der Waals surface area contributed by atoms with E-state index in [9.17, 15) is 0 Å². The number of allylic oxidation sites excluding steroid dienone is 15. The number of benzene rings is 5. The summed E-state index contributed by atoms with van der Waals surface area (Å²) in [5.74, 6) is 0.266. The van der Waals surface area contributed by atoms with Crippen LogP contribution in [0.4, 0.5) is 11.4 Å². The monoisotopic (exact) mass is 882 g/mol. The fraction of sp³-hybridized carbons (Fsp3) is 0.188. The third kappa shape index (κ3) is 15.2. The van der Waals surface area contributed by atoms with E-state index >= 15 is 0 Å². The molecule has 5 aromatic rings. The Morgan fingerprint density at radius 3 is 2.01 bits per heavy atom. The van der Waals surface area contributed by atoms with E-state index in [2.05, 4.69) is 265 Å². The number of para-hydroxylation sites is 1. The summed E-state index contributed by atoms with van der Waals surface area (Å²) in [5, 5.41) is 0. The molecule has 5 aromatic carbocycles. The second-order valence-electron chi connectivity index (χ2n) is 16.8. The molecule has 0 aliphatic rings. The summed E-state index contributed by atoms with van der Waals surface area (Å²) in [6, 6.07) is 48.9. The van der Waals surface area contributed by atoms with Crippen molar-refractivity contribution in [3.8, 4) is 0 Å². The van der Waals surface area contributed by atoms with E-state index in [1.165, 1.54) is 16.7 Å². The second kappa shape index (κ2) is 27.3. The third-order valence-corrected chi connectivity index (χ3v) is 11.8. The van der Waals surface area contributed by atoms with Crippen LogP contribution in [-0.2, 0) is 0 Å². The van der Waals surface area contributed by atoms with E-state index in [0.717, 1.165) is 81.6 Å². The Morgan fingerprint density at radius 2 is 1.39 bits per heavy atom. The number of rotatable bonds is 24. The maximum atomic E-state index is 6.10. The number of hydrogen-bond donors (Lipinski definition) is 1. The van der Waals surface area contributed by atoms with Crippen molar-refractivity contribution in [3.05, 3.63) is 283 Å². The molecule has 0 heterocycles. The van der Waals surface area contributed by atoms with Gasteiger partial charge in [-0.15, -0.1) is 0 Å². The van der Waals surface area contributed by atoms with Crippen molar-refractivity contribution < 1.29 is 0 Å². The molecule has 5 rings (SSSR count). The van der Waals surface area contributed by atoms with E-state index in [1.54, 1.807) is 0 Å². The first-order valence-corrected chi connectivity index (χ1v) is 23.7. The summed E-state index contributed by atoms with van der Waals surface area (Å²) in [4.78, 5) is 4.61. The summed E-state index contributed by atoms with van der Waals surface area (Å²) in [6.45, 7) is 22.3. The van der Waals surface area contributed by atoms with Crippen LogP contribution in [0.3, 0.4) is 0 Å². The van der Waals surface area contributed by atoms with Crippen molar-refractivity contribution in [3.63, 3.8) is 0 Å². The molecule has 0 radical (unpaired) electrons. The summed E-state index contributed by atoms with van der Waals surface area (Å²) in [5.41, 5.74) is 20.8. The molecule has 2 atom stereocenters. The number of hydrogen-bond acceptors (Lipinski definition) is 3. The van der Waals surface area contributed by atoms with E-state index in [4.69, 9.17) is 5.73 Å². The predicted octanol–water partition coefficient (Wildman–Crippen LogP) is 16.8. The van der Waals surface area contributed by atoms with Gasteiger partial charge < -0.3 is 15.5 Å². The number of nitrogens with zero attached hydrogens (tertiary/aromatic N) is 2. The highest BCUT2D eigenvalue weighted by Gasteiger charge is 2.22. The summed E-state index contributed by atoms with van der Waals surface area (Å²) in [7, 11) is 2.09. The van der Waals surface area contributed by atoms with E-state index < -0.39 is 0 Å². The number of anilines is 2. The minimum Gasteiger partial charge on any atom is -0.351 e. The molecule has 0 aliphatic carbocycles. The molecule has 2 unspecified atom stereocenters. The zero-order valence-corrected chi connectivity index (χ0v) is 40.6. The zero-order valence-electron chi connectivity index (χ0n) is 40.6. The van der Waals surface area contributed by atoms with Gasteiger partial charge in [-0.3, -0.25) is 0 Å². The molecule has 0 bridgehead atoms. The molecule has 3 nitrogen and oxygen atoms in total. The van der Waals surface area contributed by atoms with Crippen molar-refractivity contribution in [2.24, 2.45) is 11.7 Å². The van der Waals surface area contributed by atoms with Gasteiger partial charge in [-0.2, -0.15) is 0 Å². The molecule has 342 valence electrons. The van der Waals surface area contributed by atoms with E-state index in [0.29, 0.717) is 6.54 Å². The Bertz CT molecular complexity index is 2610. The second-order valence-corrected chi connectivity index (χ2v) is 16.8. The summed E-state index contributed by atoms with van der Waals surface area (Å²) < 4.78 is 0. The SMILES string of the molecule is C=CC(=C\CCC)/C(=C/C(=C\CN)c1ccccc1)c1cccc(N(C)/C=C\C=C/C(=C)C/C(=C\N(c2ccccc2C)C(/C=C(\C=C)c2ccccc2)c2ccccc2)C(C)C/C=C\C)c1. The van der Waals surface area contributed by atoms with Crippen LogP contribution in [0.25, 0.3) is 16.7 Å². The maximum Gasteiger partial charge on any atom is 0.0778 e. The van der Waals surface area contributed by atoms with Crippen molar-refractivity contribution in [1.29, 1.82) is 0 Å². The van der Waals surface area contributed by atoms with Crippen LogP contribution in [0.1, 0.15) is 80.3 Å². The molecule has 0 saturated heterocycles. The molecule has 0 saturated carbocycles. The van der Waals surface area contributed by atoms with Crippen LogP contribution in [-0.4, -0.2) is 13.6 Å². The zero-order chi connectivity index (χ0) is 47.8. The van der Waals surface area contributed by atoms with Gasteiger partial charge in [-0.25, -0.2) is 0 Å². The standard InChI is InChI=1S/C64H71N3/c1-9-13-30-51(6)60(49-67(63-41-25-24-31-52(63)7)64(57-37-22-17-23-38-57)48-54(12-4)55-33-18-15-19-34-55)45-50(5)29-26-27-44-66(8)61-40-28-39-59(46-61)62(53(11-3)32-14-10-2)47-58(42-43-65)56-35-20-16-21-36-56/h9,11-13,15-29,31-42,44,46-49,51,64H,3-5,10,14,30,43,45,65H2,1-2,6-8H3/b13-9-,29-26-,44-27-,53-32+,54-48+,58-42+,60-49+,62-47-. The first-order chi connectivity index (χ1) is 32.7. The lowest BCUT2D eigenvalue weighted by atomic mass is 9.91. The minimum absolute atomic E-state index is 0.115. The molecular formula is C64H71N3. The van der Waals surface area contributed by atoms with Crippen LogP contribution >= 0.6 is 0 Å². The number of aryl methyl sites for hydroxylation is 1. The lowest BCUT2D eigenvalue weighted by Crippen LogP contribution is -2.24. The molecule has 3 heteroatoms. The molecule has 0 spiro atoms. The Kier molecular flexibility index (Phi) is 20.7. The summed E-state index contributed by atoms with van der Waals surface area (Å²) >= 11 is 0. The first-order valence-electron chi connectivity index (χ1n) is 23.7. The van der Waals surface area contributed by atoms with Crippen molar-refractivity contribution in [2.45, 2.75) is 59.4 Å². The van der Waals surface area contributed by atoms with Gasteiger partial charge in [-0.1, -0.05) is 216 Å². The quantitative estimate of drug-likeness (QED) is 0.0495. The smallest absolute Gasteiger partial charge is 0.0778 e. The van der Waals surface area contributed by atoms with Gasteiger partial charge in [0.05, 0.1) is 6.04 Å². The summed E-state index contributed by atoms with van der Waals surface area (Å²) in [6.07, 6.45) is 31.8. The highest BCUT2D eigenvalue weighted by molar-refractivity contribution is 5.92. The average molecular weight is 882 g/mol. The Morgan fingerprint density at radius 1 is 0.746 bits per heavy atom. The number of unbranched alkanes of at least 4 members (excludes halogenated alkanes) is 1. The van der Waals surface area contributed by atoms with Gasteiger partial charge in [-0.05, 0) is 131 Å². The molecular weight excluding hydrogens is 811 g/mol. The van der Waals surface area contributed by atoms with Gasteiger partial charge in [0.15, 0.2) is 0 Å². The molecule has 0 aromatic heterocycles. The predicted molar refractivity (Wildman–Crippen MR) is 296 cm³/mol. The van der Waals surface area contributed by atoms with Crippen molar-refractivity contribution in [1.82, 2.24) is 0 Å². The lowest BCUT2D eigenvalue weighted by Gasteiger charge is -2.33. The molecule has 0 aliphatic heterocycles. The van der Waals surface area contributed by atoms with Gasteiger partial charge >= 0.3 is 0 Å². The Hall–Kier alpha value is -7.20. The van der Waals surface area contributed by atoms with Crippen molar-refractivity contribution in [2.75, 3.05) is 23.4 Å². The van der Waals surface area contributed by atoms with Crippen LogP contribution in [0.5, 0.6) is 0 Å². The number of nitrogens with two attached hydrogens (primary N) is 1. The highest BCUT2D eigenvalue weighted by Crippen LogP contribution is 2.37. The molecule has 0 fully saturated rings. The molecule has 2 N–H and O–H groups in total. The third-order valence-electron chi connectivity index (χ3n) is 11.8. The lowest BCUT2D eigenvalue weighted by molar-refractivity contribution is 0.664. The Labute approximate surface area is 403 Å². The fourth-order valence-corrected chi connectivity index (χ4v) is 8.02. The van der Waals surface area contributed by atoms with Gasteiger partial charge in [0, 0.05) is 37.4 Å². The average Bonchev–Trinajstić information content (AvgIpc) is 3.36. The normalized spacial score (nSPS) is 13.9. The minimum atomic E-state index is -0.115. The van der Waals surface area contributed by atoms with E-state index in [1.807, 2.05) is 18.2 Å². The van der Waals surface area contributed by atoms with Crippen LogP contribution in [0.15, 0.2) is 255 Å². The van der Waals surface area contributed by atoms with Crippen LogP contribution in [0.2, 0.25) is 0 Å². The molecule has 67 heavy (non-hydrogen) atoms. The van der Waals surface area contributed by atoms with Crippen molar-refractivity contribution >= 4 is 28.1 Å². The fourth-order valence-electron chi connectivity index (χ4n) is 8.02. The topological polar surface area (TPSA) is 32.5 Å². The van der Waals surface area contributed by atoms with Gasteiger partial charge in [0.1, 0.15) is 0 Å². The molecule has 0 amide bonds. The highest BCUT2D eigenvalue weighted by atomic mass is 15.1. The first kappa shape index (κ1) is 50.8. The van der Waals surface area contributed by atoms with Crippen LogP contribution in [0, 0.1) is 12.8 Å². The maximum absolute atomic E-state index is 6.10. The largest absolute Gasteiger partial charge is 0.351 e. The van der Waals surface area contributed by atoms with E-state index in [-0.39, 0.29) is 12.0 Å².